The van der Waals surface area contributed by atoms with Gasteiger partial charge in [0.15, 0.2) is 0 Å². The van der Waals surface area contributed by atoms with E-state index in [1.165, 1.54) is 5.57 Å². The fraction of sp³-hybridized carbons (Fsp3) is 0.265. The third-order valence-corrected chi connectivity index (χ3v) is 7.03. The lowest BCUT2D eigenvalue weighted by Gasteiger charge is -2.18. The van der Waals surface area contributed by atoms with Crippen molar-refractivity contribution in [1.82, 2.24) is 0 Å². The highest BCUT2D eigenvalue weighted by Crippen LogP contribution is 2.30. The van der Waals surface area contributed by atoms with Crippen molar-refractivity contribution in [3.63, 3.8) is 0 Å². The number of rotatable bonds is 6. The van der Waals surface area contributed by atoms with Gasteiger partial charge in [0.05, 0.1) is 5.56 Å². The Hall–Kier alpha value is -4.25. The molecule has 5 nitrogen and oxygen atoms in total. The van der Waals surface area contributed by atoms with Crippen molar-refractivity contribution in [2.24, 2.45) is 0 Å². The first kappa shape index (κ1) is 27.8. The molecule has 39 heavy (non-hydrogen) atoms. The maximum absolute atomic E-state index is 13.1. The molecule has 3 aromatic rings. The molecule has 0 aliphatic carbocycles. The van der Waals surface area contributed by atoms with Crippen molar-refractivity contribution >= 4 is 33.5 Å². The highest BCUT2D eigenvalue weighted by atomic mass is 16.5. The molecule has 5 heteroatoms. The number of hydrogen-bond acceptors (Lipinski definition) is 5. The van der Waals surface area contributed by atoms with E-state index in [0.717, 1.165) is 50.4 Å². The van der Waals surface area contributed by atoms with E-state index in [-0.39, 0.29) is 5.63 Å². The number of hydrogen-bond donors (Lipinski definition) is 0. The minimum Gasteiger partial charge on any atom is -0.457 e. The molecule has 0 saturated carbocycles. The summed E-state index contributed by atoms with van der Waals surface area (Å²) in [5.41, 5.74) is 9.12. The summed E-state index contributed by atoms with van der Waals surface area (Å²) < 4.78 is 12.1. The molecule has 4 rings (SSSR count). The van der Waals surface area contributed by atoms with Gasteiger partial charge in [-0.3, -0.25) is 0 Å². The van der Waals surface area contributed by atoms with Gasteiger partial charge in [-0.25, -0.2) is 4.79 Å². The number of aryl methyl sites for hydroxylation is 1. The molecule has 0 bridgehead atoms. The van der Waals surface area contributed by atoms with Gasteiger partial charge in [0.2, 0.25) is 0 Å². The van der Waals surface area contributed by atoms with Crippen LogP contribution in [-0.4, -0.2) is 28.2 Å². The zero-order valence-corrected chi connectivity index (χ0v) is 24.5. The standard InChI is InChI=1S/C34H38N2O3/c1-21(2)26-18-29(16-22(3)25-10-12-27(13-11-25)35(6)7)38-30(19-26)17-23(4)33-24(5)31-15-14-28(36(8)9)20-32(31)39-34(33)37/h10-20H,1-9H3/b22-16+,23-17+. The van der Waals surface area contributed by atoms with E-state index in [0.29, 0.717) is 16.9 Å². The molecule has 1 aromatic heterocycles. The first-order valence-corrected chi connectivity index (χ1v) is 13.1. The lowest BCUT2D eigenvalue weighted by atomic mass is 9.98. The Morgan fingerprint density at radius 1 is 0.769 bits per heavy atom. The summed E-state index contributed by atoms with van der Waals surface area (Å²) in [6.07, 6.45) is 8.04. The van der Waals surface area contributed by atoms with Crippen LogP contribution < -0.4 is 15.4 Å². The summed E-state index contributed by atoms with van der Waals surface area (Å²) in [7, 11) is 8.00. The van der Waals surface area contributed by atoms with Crippen LogP contribution in [0.15, 0.2) is 98.6 Å². The molecule has 0 N–H and O–H groups in total. The molecule has 0 spiro atoms. The summed E-state index contributed by atoms with van der Waals surface area (Å²) in [5.74, 6) is 1.43. The summed E-state index contributed by atoms with van der Waals surface area (Å²) in [4.78, 5) is 17.2. The SMILES string of the molecule is CC(C)=C1C=C(/C=C(\C)c2ccc(N(C)C)cc2)OC(/C=C(\C)c2c(C)c3ccc(N(C)C)cc3oc2=O)=C1. The smallest absolute Gasteiger partial charge is 0.344 e. The number of allylic oxidation sites excluding steroid dienone is 8. The molecule has 1 aliphatic heterocycles. The Bertz CT molecular complexity index is 1620. The zero-order valence-electron chi connectivity index (χ0n) is 24.5. The van der Waals surface area contributed by atoms with Crippen LogP contribution in [-0.2, 0) is 4.74 Å². The first-order valence-electron chi connectivity index (χ1n) is 13.1. The van der Waals surface area contributed by atoms with Crippen molar-refractivity contribution in [3.05, 3.63) is 117 Å². The van der Waals surface area contributed by atoms with Crippen LogP contribution in [0.4, 0.5) is 11.4 Å². The van der Waals surface area contributed by atoms with Gasteiger partial charge in [-0.05, 0) is 111 Å². The number of anilines is 2. The van der Waals surface area contributed by atoms with Gasteiger partial charge in [-0.15, -0.1) is 0 Å². The first-order chi connectivity index (χ1) is 18.4. The Kier molecular flexibility index (Phi) is 8.01. The maximum atomic E-state index is 13.1. The van der Waals surface area contributed by atoms with Gasteiger partial charge in [0.1, 0.15) is 17.1 Å². The van der Waals surface area contributed by atoms with Gasteiger partial charge in [-0.2, -0.15) is 0 Å². The van der Waals surface area contributed by atoms with Crippen molar-refractivity contribution in [2.45, 2.75) is 34.6 Å². The second-order valence-corrected chi connectivity index (χ2v) is 10.7. The number of fused-ring (bicyclic) bond motifs is 1. The monoisotopic (exact) mass is 522 g/mol. The van der Waals surface area contributed by atoms with E-state index in [1.54, 1.807) is 0 Å². The lowest BCUT2D eigenvalue weighted by molar-refractivity contribution is 0.332. The predicted octanol–water partition coefficient (Wildman–Crippen LogP) is 7.87. The Labute approximate surface area is 231 Å². The summed E-state index contributed by atoms with van der Waals surface area (Å²) in [6, 6.07) is 14.4. The van der Waals surface area contributed by atoms with E-state index in [1.807, 2.05) is 77.3 Å². The normalized spacial score (nSPS) is 14.1. The van der Waals surface area contributed by atoms with E-state index < -0.39 is 0 Å². The molecule has 0 unspecified atom stereocenters. The molecule has 202 valence electrons. The van der Waals surface area contributed by atoms with Crippen molar-refractivity contribution in [2.75, 3.05) is 38.0 Å². The van der Waals surface area contributed by atoms with Gasteiger partial charge in [0, 0.05) is 51.0 Å². The molecule has 0 fully saturated rings. The van der Waals surface area contributed by atoms with E-state index in [2.05, 4.69) is 62.1 Å². The van der Waals surface area contributed by atoms with Crippen LogP contribution in [0.2, 0.25) is 0 Å². The Morgan fingerprint density at radius 3 is 1.90 bits per heavy atom. The topological polar surface area (TPSA) is 45.9 Å². The quantitative estimate of drug-likeness (QED) is 0.308. The molecule has 0 atom stereocenters. The van der Waals surface area contributed by atoms with Crippen LogP contribution in [0.25, 0.3) is 22.1 Å². The molecule has 0 radical (unpaired) electrons. The highest BCUT2D eigenvalue weighted by Gasteiger charge is 2.16. The van der Waals surface area contributed by atoms with E-state index in [4.69, 9.17) is 9.15 Å². The predicted molar refractivity (Wildman–Crippen MR) is 165 cm³/mol. The molecule has 1 aliphatic rings. The van der Waals surface area contributed by atoms with Crippen LogP contribution in [0, 0.1) is 6.92 Å². The van der Waals surface area contributed by atoms with E-state index >= 15 is 0 Å². The van der Waals surface area contributed by atoms with Gasteiger partial charge >= 0.3 is 5.63 Å². The average molecular weight is 523 g/mol. The zero-order chi connectivity index (χ0) is 28.4. The summed E-state index contributed by atoms with van der Waals surface area (Å²) in [5, 5.41) is 0.922. The molecule has 2 heterocycles. The fourth-order valence-corrected chi connectivity index (χ4v) is 4.66. The third-order valence-electron chi connectivity index (χ3n) is 7.03. The number of benzene rings is 2. The molecule has 2 aromatic carbocycles. The van der Waals surface area contributed by atoms with Crippen LogP contribution >= 0.6 is 0 Å². The number of ether oxygens (including phenoxy) is 1. The second kappa shape index (κ2) is 11.2. The maximum Gasteiger partial charge on any atom is 0.344 e. The molecule has 0 saturated heterocycles. The van der Waals surface area contributed by atoms with Crippen molar-refractivity contribution in [1.29, 1.82) is 0 Å². The molecule has 0 amide bonds. The lowest BCUT2D eigenvalue weighted by Crippen LogP contribution is -2.11. The highest BCUT2D eigenvalue weighted by molar-refractivity contribution is 5.87. The van der Waals surface area contributed by atoms with Crippen molar-refractivity contribution in [3.8, 4) is 0 Å². The minimum atomic E-state index is -0.351. The third kappa shape index (κ3) is 6.09. The van der Waals surface area contributed by atoms with Gasteiger partial charge in [-0.1, -0.05) is 17.7 Å². The van der Waals surface area contributed by atoms with Gasteiger partial charge < -0.3 is 19.0 Å². The fourth-order valence-electron chi connectivity index (χ4n) is 4.66. The van der Waals surface area contributed by atoms with Crippen LogP contribution in [0.1, 0.15) is 44.4 Å². The molecular formula is C34H38N2O3. The molecular weight excluding hydrogens is 484 g/mol. The summed E-state index contributed by atoms with van der Waals surface area (Å²) in [6.45, 7) is 10.1. The Balaban J connectivity index is 1.69. The summed E-state index contributed by atoms with van der Waals surface area (Å²) >= 11 is 0. The number of nitrogens with zero attached hydrogens (tertiary/aromatic N) is 2. The largest absolute Gasteiger partial charge is 0.457 e. The van der Waals surface area contributed by atoms with Crippen LogP contribution in [0.5, 0.6) is 0 Å². The van der Waals surface area contributed by atoms with Gasteiger partial charge in [0.25, 0.3) is 0 Å². The Morgan fingerprint density at radius 2 is 1.33 bits per heavy atom. The minimum absolute atomic E-state index is 0.351. The average Bonchev–Trinajstić information content (AvgIpc) is 2.88. The van der Waals surface area contributed by atoms with Crippen LogP contribution in [0.3, 0.4) is 0 Å². The van der Waals surface area contributed by atoms with E-state index in [9.17, 15) is 4.79 Å². The van der Waals surface area contributed by atoms with Crippen molar-refractivity contribution < 1.29 is 9.15 Å². The second-order valence-electron chi connectivity index (χ2n) is 10.7.